The molecule has 0 aromatic carbocycles. The third-order valence-corrected chi connectivity index (χ3v) is 9.19. The maximum Gasteiger partial charge on any atom is 0.306 e. The number of aryl methyl sites for hydroxylation is 2. The van der Waals surface area contributed by atoms with E-state index in [2.05, 4.69) is 34.1 Å². The summed E-state index contributed by atoms with van der Waals surface area (Å²) >= 11 is 0. The Morgan fingerprint density at radius 3 is 2.47 bits per heavy atom. The molecule has 36 heavy (non-hydrogen) atoms. The molecule has 1 fully saturated rings. The number of hydrogen-bond acceptors (Lipinski definition) is 5. The fourth-order valence-electron chi connectivity index (χ4n) is 6.85. The van der Waals surface area contributed by atoms with Gasteiger partial charge in [-0.1, -0.05) is 43.6 Å². The Bertz CT molecular complexity index is 892. The number of esters is 1. The monoisotopic (exact) mass is 497 g/mol. The lowest BCUT2D eigenvalue weighted by atomic mass is 9.78. The van der Waals surface area contributed by atoms with Crippen molar-refractivity contribution >= 4 is 11.8 Å². The molecule has 200 valence electrons. The predicted octanol–water partition coefficient (Wildman–Crippen LogP) is 6.26. The van der Waals surface area contributed by atoms with Crippen molar-refractivity contribution < 1.29 is 14.3 Å². The van der Waals surface area contributed by atoms with Gasteiger partial charge in [0.1, 0.15) is 5.78 Å². The smallest absolute Gasteiger partial charge is 0.306 e. The van der Waals surface area contributed by atoms with Gasteiger partial charge in [-0.05, 0) is 94.3 Å². The van der Waals surface area contributed by atoms with Crippen LogP contribution < -0.4 is 0 Å². The van der Waals surface area contributed by atoms with Crippen LogP contribution >= 0.6 is 0 Å². The Kier molecular flexibility index (Phi) is 10.2. The number of ketones is 1. The number of carbonyl (C=O) groups excluding carboxylic acids is 2. The number of hydrogen-bond donors (Lipinski definition) is 0. The van der Waals surface area contributed by atoms with Crippen molar-refractivity contribution in [2.45, 2.75) is 117 Å². The molecular weight excluding hydrogens is 450 g/mol. The van der Waals surface area contributed by atoms with E-state index in [0.29, 0.717) is 54.8 Å². The van der Waals surface area contributed by atoms with Crippen LogP contribution in [0.1, 0.15) is 109 Å². The molecule has 0 radical (unpaired) electrons. The molecule has 3 aliphatic carbocycles. The van der Waals surface area contributed by atoms with E-state index in [9.17, 15) is 9.59 Å². The van der Waals surface area contributed by atoms with Gasteiger partial charge in [-0.15, -0.1) is 5.10 Å². The van der Waals surface area contributed by atoms with Crippen LogP contribution in [-0.2, 0) is 33.7 Å². The van der Waals surface area contributed by atoms with E-state index in [1.165, 1.54) is 24.2 Å². The molecule has 3 aliphatic rings. The summed E-state index contributed by atoms with van der Waals surface area (Å²) in [6.45, 7) is 5.56. The first-order valence-electron chi connectivity index (χ1n) is 14.8. The standard InChI is InChI=1S/C30H47N3O3/c1-3-24(34)15-11-7-10-13-22-12-8-5-6-9-14-23(22)20-30(35)36-21-27-25-16-18-28-29(19-17-26(25)27)33(4-2)32-31-28/h5-6,22-23,25-27H,3-4,7-21H2,1-2H3/b6-5+/t22-,23+,25?,26?,27?/m1/s1. The van der Waals surface area contributed by atoms with Gasteiger partial charge in [-0.2, -0.15) is 0 Å². The van der Waals surface area contributed by atoms with E-state index < -0.39 is 0 Å². The fraction of sp³-hybridized carbons (Fsp3) is 0.800. The number of fused-ring (bicyclic) bond motifs is 2. The summed E-state index contributed by atoms with van der Waals surface area (Å²) in [4.78, 5) is 24.5. The molecule has 3 unspecified atom stereocenters. The van der Waals surface area contributed by atoms with Crippen LogP contribution in [0.15, 0.2) is 12.2 Å². The molecule has 0 saturated heterocycles. The van der Waals surface area contributed by atoms with Gasteiger partial charge < -0.3 is 4.74 Å². The van der Waals surface area contributed by atoms with Crippen molar-refractivity contribution in [2.24, 2.45) is 29.6 Å². The highest BCUT2D eigenvalue weighted by Crippen LogP contribution is 2.53. The van der Waals surface area contributed by atoms with Crippen LogP contribution in [0.3, 0.4) is 0 Å². The number of aromatic nitrogens is 3. The summed E-state index contributed by atoms with van der Waals surface area (Å²) in [7, 11) is 0. The molecule has 6 heteroatoms. The maximum absolute atomic E-state index is 12.9. The average molecular weight is 498 g/mol. The number of nitrogens with zero attached hydrogens (tertiary/aromatic N) is 3. The van der Waals surface area contributed by atoms with Crippen molar-refractivity contribution in [2.75, 3.05) is 6.61 Å². The highest BCUT2D eigenvalue weighted by Gasteiger charge is 2.50. The Morgan fingerprint density at radius 2 is 1.72 bits per heavy atom. The molecule has 1 aromatic heterocycles. The summed E-state index contributed by atoms with van der Waals surface area (Å²) in [6, 6.07) is 0. The van der Waals surface area contributed by atoms with Crippen molar-refractivity contribution in [1.29, 1.82) is 0 Å². The molecule has 0 N–H and O–H groups in total. The molecule has 0 aliphatic heterocycles. The summed E-state index contributed by atoms with van der Waals surface area (Å²) in [6.07, 6.45) is 19.8. The van der Waals surface area contributed by atoms with E-state index in [-0.39, 0.29) is 5.97 Å². The minimum absolute atomic E-state index is 0.00828. The number of rotatable bonds is 12. The van der Waals surface area contributed by atoms with Gasteiger partial charge in [0.25, 0.3) is 0 Å². The molecule has 0 amide bonds. The highest BCUT2D eigenvalue weighted by molar-refractivity contribution is 5.77. The minimum atomic E-state index is 0.00828. The zero-order valence-electron chi connectivity index (χ0n) is 22.6. The Hall–Kier alpha value is -1.98. The SMILES string of the molecule is CCC(=O)CCCCC[C@H]1CC/C=C/CC[C@H]1CC(=O)OCC1C2CCc3nnn(CC)c3CCC21. The quantitative estimate of drug-likeness (QED) is 0.193. The molecule has 1 aromatic rings. The van der Waals surface area contributed by atoms with Crippen molar-refractivity contribution in [1.82, 2.24) is 15.0 Å². The second-order valence-electron chi connectivity index (χ2n) is 11.4. The zero-order chi connectivity index (χ0) is 25.3. The largest absolute Gasteiger partial charge is 0.465 e. The van der Waals surface area contributed by atoms with E-state index in [4.69, 9.17) is 4.74 Å². The highest BCUT2D eigenvalue weighted by atomic mass is 16.5. The second kappa shape index (κ2) is 13.5. The van der Waals surface area contributed by atoms with E-state index >= 15 is 0 Å². The van der Waals surface area contributed by atoms with Crippen molar-refractivity contribution in [3.8, 4) is 0 Å². The Balaban J connectivity index is 1.21. The van der Waals surface area contributed by atoms with Crippen LogP contribution in [0.4, 0.5) is 0 Å². The van der Waals surface area contributed by atoms with E-state index in [1.807, 2.05) is 6.92 Å². The van der Waals surface area contributed by atoms with Crippen molar-refractivity contribution in [3.05, 3.63) is 23.5 Å². The molecule has 0 spiro atoms. The maximum atomic E-state index is 12.9. The molecule has 1 saturated carbocycles. The van der Waals surface area contributed by atoms with Gasteiger partial charge >= 0.3 is 5.97 Å². The Morgan fingerprint density at radius 1 is 0.972 bits per heavy atom. The minimum Gasteiger partial charge on any atom is -0.465 e. The topological polar surface area (TPSA) is 74.1 Å². The molecule has 0 bridgehead atoms. The van der Waals surface area contributed by atoms with Crippen LogP contribution in [0.2, 0.25) is 0 Å². The van der Waals surface area contributed by atoms with Gasteiger partial charge in [0.05, 0.1) is 18.0 Å². The van der Waals surface area contributed by atoms with Crippen LogP contribution in [0, 0.1) is 29.6 Å². The summed E-state index contributed by atoms with van der Waals surface area (Å²) in [5.41, 5.74) is 2.50. The van der Waals surface area contributed by atoms with Crippen LogP contribution in [0.5, 0.6) is 0 Å². The van der Waals surface area contributed by atoms with Gasteiger partial charge in [0.15, 0.2) is 0 Å². The normalized spacial score (nSPS) is 28.6. The lowest BCUT2D eigenvalue weighted by molar-refractivity contribution is -0.146. The third-order valence-electron chi connectivity index (χ3n) is 9.19. The first-order valence-corrected chi connectivity index (χ1v) is 14.8. The molecule has 5 atom stereocenters. The lowest BCUT2D eigenvalue weighted by Gasteiger charge is -2.27. The fourth-order valence-corrected chi connectivity index (χ4v) is 6.85. The Labute approximate surface area is 217 Å². The number of unbranched alkanes of at least 4 members (excludes halogenated alkanes) is 2. The first kappa shape index (κ1) is 27.1. The third kappa shape index (κ3) is 7.29. The molecule has 1 heterocycles. The van der Waals surface area contributed by atoms with Crippen molar-refractivity contribution in [3.63, 3.8) is 0 Å². The molecule has 4 rings (SSSR count). The first-order chi connectivity index (χ1) is 17.6. The second-order valence-corrected chi connectivity index (χ2v) is 11.4. The van der Waals surface area contributed by atoms with Crippen LogP contribution in [0.25, 0.3) is 0 Å². The summed E-state index contributed by atoms with van der Waals surface area (Å²) in [5.74, 6) is 3.29. The van der Waals surface area contributed by atoms with Gasteiger partial charge in [0.2, 0.25) is 0 Å². The zero-order valence-corrected chi connectivity index (χ0v) is 22.6. The predicted molar refractivity (Wildman–Crippen MR) is 141 cm³/mol. The van der Waals surface area contributed by atoms with E-state index in [1.54, 1.807) is 0 Å². The summed E-state index contributed by atoms with van der Waals surface area (Å²) < 4.78 is 7.97. The molecular formula is C30H47N3O3. The number of Topliss-reactive ketones (excluding diaryl/α,β-unsaturated/α-hetero) is 1. The average Bonchev–Trinajstić information content (AvgIpc) is 3.36. The van der Waals surface area contributed by atoms with Gasteiger partial charge in [-0.3, -0.25) is 9.59 Å². The van der Waals surface area contributed by atoms with Crippen LogP contribution in [-0.4, -0.2) is 33.4 Å². The van der Waals surface area contributed by atoms with Gasteiger partial charge in [0, 0.05) is 25.8 Å². The molecule has 6 nitrogen and oxygen atoms in total. The number of carbonyl (C=O) groups is 2. The van der Waals surface area contributed by atoms with E-state index in [0.717, 1.165) is 77.2 Å². The lowest BCUT2D eigenvalue weighted by Crippen LogP contribution is -2.21. The number of allylic oxidation sites excluding steroid dienone is 2. The number of ether oxygens (including phenoxy) is 1. The summed E-state index contributed by atoms with van der Waals surface area (Å²) in [5, 5.41) is 8.73. The van der Waals surface area contributed by atoms with Gasteiger partial charge in [-0.25, -0.2) is 4.68 Å².